The van der Waals surface area contributed by atoms with Gasteiger partial charge in [-0.25, -0.2) is 0 Å². The van der Waals surface area contributed by atoms with E-state index in [1.807, 2.05) is 6.07 Å². The second-order valence-electron chi connectivity index (χ2n) is 3.67. The second kappa shape index (κ2) is 5.58. The van der Waals surface area contributed by atoms with Crippen molar-refractivity contribution in [1.82, 2.24) is 0 Å². The molecule has 0 atom stereocenters. The molecule has 0 radical (unpaired) electrons. The van der Waals surface area contributed by atoms with E-state index in [1.54, 1.807) is 36.4 Å². The van der Waals surface area contributed by atoms with Gasteiger partial charge in [-0.2, -0.15) is 0 Å². The van der Waals surface area contributed by atoms with Gasteiger partial charge in [0.05, 0.1) is 16.3 Å². The first-order valence-electron chi connectivity index (χ1n) is 5.19. The third kappa shape index (κ3) is 2.94. The van der Waals surface area contributed by atoms with Crippen molar-refractivity contribution < 1.29 is 4.79 Å². The fourth-order valence-electron chi connectivity index (χ4n) is 1.48. The lowest BCUT2D eigenvalue weighted by molar-refractivity contribution is 0.102. The largest absolute Gasteiger partial charge is 0.398 e. The first-order valence-corrected chi connectivity index (χ1v) is 6.64. The monoisotopic (exact) mass is 372 g/mol. The highest BCUT2D eigenvalue weighted by atomic mass is 127. The molecule has 0 unspecified atom stereocenters. The maximum Gasteiger partial charge on any atom is 0.257 e. The molecule has 0 saturated heterocycles. The first kappa shape index (κ1) is 13.2. The average Bonchev–Trinajstić information content (AvgIpc) is 2.33. The van der Waals surface area contributed by atoms with Crippen LogP contribution in [-0.4, -0.2) is 5.91 Å². The average molecular weight is 373 g/mol. The molecule has 2 rings (SSSR count). The minimum Gasteiger partial charge on any atom is -0.398 e. The molecule has 0 aliphatic rings. The number of carbonyl (C=O) groups is 1. The number of anilines is 2. The van der Waals surface area contributed by atoms with Crippen molar-refractivity contribution in [2.75, 3.05) is 11.1 Å². The van der Waals surface area contributed by atoms with Crippen LogP contribution < -0.4 is 11.1 Å². The van der Waals surface area contributed by atoms with Crippen LogP contribution in [-0.2, 0) is 0 Å². The summed E-state index contributed by atoms with van der Waals surface area (Å²) in [5.41, 5.74) is 7.20. The van der Waals surface area contributed by atoms with E-state index in [9.17, 15) is 4.79 Å². The van der Waals surface area contributed by atoms with Crippen molar-refractivity contribution >= 4 is 51.5 Å². The maximum absolute atomic E-state index is 12.0. The number of nitrogens with one attached hydrogen (secondary N) is 1. The number of benzene rings is 2. The lowest BCUT2D eigenvalue weighted by Crippen LogP contribution is -2.14. The zero-order valence-corrected chi connectivity index (χ0v) is 12.2. The normalized spacial score (nSPS) is 10.1. The van der Waals surface area contributed by atoms with E-state index >= 15 is 0 Å². The minimum atomic E-state index is -0.267. The Kier molecular flexibility index (Phi) is 4.08. The second-order valence-corrected chi connectivity index (χ2v) is 5.32. The standard InChI is InChI=1S/C13H10ClIN2O/c14-10-7-8(15)5-6-12(10)17-13(18)9-3-1-2-4-11(9)16/h1-7H,16H2,(H,17,18). The Morgan fingerprint density at radius 3 is 2.61 bits per heavy atom. The highest BCUT2D eigenvalue weighted by Crippen LogP contribution is 2.24. The number of hydrogen-bond donors (Lipinski definition) is 2. The van der Waals surface area contributed by atoms with Crippen molar-refractivity contribution in [3.05, 3.63) is 56.6 Å². The number of nitrogens with two attached hydrogens (primary N) is 1. The molecule has 18 heavy (non-hydrogen) atoms. The Morgan fingerprint density at radius 2 is 1.94 bits per heavy atom. The lowest BCUT2D eigenvalue weighted by Gasteiger charge is -2.09. The van der Waals surface area contributed by atoms with Gasteiger partial charge in [-0.3, -0.25) is 4.79 Å². The van der Waals surface area contributed by atoms with E-state index in [0.717, 1.165) is 3.57 Å². The smallest absolute Gasteiger partial charge is 0.257 e. The first-order chi connectivity index (χ1) is 8.58. The summed E-state index contributed by atoms with van der Waals surface area (Å²) in [6.45, 7) is 0. The van der Waals surface area contributed by atoms with Gasteiger partial charge in [0.15, 0.2) is 0 Å². The van der Waals surface area contributed by atoms with Gasteiger partial charge in [0.1, 0.15) is 0 Å². The van der Waals surface area contributed by atoms with E-state index < -0.39 is 0 Å². The molecule has 3 nitrogen and oxygen atoms in total. The van der Waals surface area contributed by atoms with Gasteiger partial charge in [-0.05, 0) is 52.9 Å². The third-order valence-corrected chi connectivity index (χ3v) is 3.37. The van der Waals surface area contributed by atoms with E-state index in [-0.39, 0.29) is 5.91 Å². The van der Waals surface area contributed by atoms with Crippen LogP contribution in [0.15, 0.2) is 42.5 Å². The van der Waals surface area contributed by atoms with Gasteiger partial charge in [0.25, 0.3) is 5.91 Å². The fourth-order valence-corrected chi connectivity index (χ4v) is 2.39. The summed E-state index contributed by atoms with van der Waals surface area (Å²) in [5, 5.41) is 3.24. The number of amides is 1. The molecular weight excluding hydrogens is 363 g/mol. The maximum atomic E-state index is 12.0. The van der Waals surface area contributed by atoms with E-state index in [0.29, 0.717) is 22.0 Å². The molecule has 0 aromatic heterocycles. The summed E-state index contributed by atoms with van der Waals surface area (Å²) in [6.07, 6.45) is 0. The number of nitrogen functional groups attached to an aromatic ring is 1. The van der Waals surface area contributed by atoms with E-state index in [1.165, 1.54) is 0 Å². The number of rotatable bonds is 2. The molecular formula is C13H10ClIN2O. The van der Waals surface area contributed by atoms with Crippen LogP contribution in [0.2, 0.25) is 5.02 Å². The predicted molar refractivity (Wildman–Crippen MR) is 83.0 cm³/mol. The number of halogens is 2. The van der Waals surface area contributed by atoms with Gasteiger partial charge in [0, 0.05) is 9.26 Å². The van der Waals surface area contributed by atoms with Crippen molar-refractivity contribution in [3.63, 3.8) is 0 Å². The van der Waals surface area contributed by atoms with E-state index in [2.05, 4.69) is 27.9 Å². The molecule has 0 fully saturated rings. The topological polar surface area (TPSA) is 55.1 Å². The molecule has 0 saturated carbocycles. The van der Waals surface area contributed by atoms with Crippen LogP contribution >= 0.6 is 34.2 Å². The Labute approximate surface area is 123 Å². The van der Waals surface area contributed by atoms with Crippen molar-refractivity contribution in [3.8, 4) is 0 Å². The zero-order chi connectivity index (χ0) is 13.1. The van der Waals surface area contributed by atoms with Crippen LogP contribution in [0, 0.1) is 3.57 Å². The molecule has 1 amide bonds. The lowest BCUT2D eigenvalue weighted by atomic mass is 10.1. The summed E-state index contributed by atoms with van der Waals surface area (Å²) in [7, 11) is 0. The van der Waals surface area contributed by atoms with Crippen LogP contribution in [0.4, 0.5) is 11.4 Å². The highest BCUT2D eigenvalue weighted by molar-refractivity contribution is 14.1. The zero-order valence-electron chi connectivity index (χ0n) is 9.28. The van der Waals surface area contributed by atoms with Crippen LogP contribution in [0.3, 0.4) is 0 Å². The predicted octanol–water partition coefficient (Wildman–Crippen LogP) is 3.78. The van der Waals surface area contributed by atoms with Gasteiger partial charge < -0.3 is 11.1 Å². The van der Waals surface area contributed by atoms with Crippen molar-refractivity contribution in [1.29, 1.82) is 0 Å². The molecule has 92 valence electrons. The molecule has 5 heteroatoms. The molecule has 0 aliphatic heterocycles. The highest BCUT2D eigenvalue weighted by Gasteiger charge is 2.10. The molecule has 0 aliphatic carbocycles. The van der Waals surface area contributed by atoms with Crippen molar-refractivity contribution in [2.45, 2.75) is 0 Å². The van der Waals surface area contributed by atoms with Crippen LogP contribution in [0.5, 0.6) is 0 Å². The molecule has 2 aromatic carbocycles. The van der Waals surface area contributed by atoms with Gasteiger partial charge >= 0.3 is 0 Å². The van der Waals surface area contributed by atoms with E-state index in [4.69, 9.17) is 17.3 Å². The van der Waals surface area contributed by atoms with Gasteiger partial charge in [0.2, 0.25) is 0 Å². The Hall–Kier alpha value is -1.27. The minimum absolute atomic E-state index is 0.267. The van der Waals surface area contributed by atoms with Crippen LogP contribution in [0.1, 0.15) is 10.4 Å². The Morgan fingerprint density at radius 1 is 1.22 bits per heavy atom. The molecule has 3 N–H and O–H groups in total. The number of hydrogen-bond acceptors (Lipinski definition) is 2. The number of carbonyl (C=O) groups excluding carboxylic acids is 1. The van der Waals surface area contributed by atoms with Crippen LogP contribution in [0.25, 0.3) is 0 Å². The summed E-state index contributed by atoms with van der Waals surface area (Å²) < 4.78 is 1.01. The van der Waals surface area contributed by atoms with Gasteiger partial charge in [-0.15, -0.1) is 0 Å². The van der Waals surface area contributed by atoms with Crippen molar-refractivity contribution in [2.24, 2.45) is 0 Å². The Bertz CT molecular complexity index is 601. The third-order valence-electron chi connectivity index (χ3n) is 2.38. The van der Waals surface area contributed by atoms with Gasteiger partial charge in [-0.1, -0.05) is 23.7 Å². The summed E-state index contributed by atoms with van der Waals surface area (Å²) in [5.74, 6) is -0.267. The molecule has 0 heterocycles. The quantitative estimate of drug-likeness (QED) is 0.623. The Balaban J connectivity index is 2.24. The molecule has 0 bridgehead atoms. The summed E-state index contributed by atoms with van der Waals surface area (Å²) >= 11 is 8.21. The SMILES string of the molecule is Nc1ccccc1C(=O)Nc1ccc(I)cc1Cl. The molecule has 0 spiro atoms. The summed E-state index contributed by atoms with van der Waals surface area (Å²) in [6, 6.07) is 12.3. The fraction of sp³-hybridized carbons (Fsp3) is 0. The summed E-state index contributed by atoms with van der Waals surface area (Å²) in [4.78, 5) is 12.0. The number of para-hydroxylation sites is 1. The molecule has 2 aromatic rings.